The molecular weight excluding hydrogens is 420 g/mol. The number of aromatic amines is 1. The van der Waals surface area contributed by atoms with Gasteiger partial charge in [0.25, 0.3) is 0 Å². The van der Waals surface area contributed by atoms with Crippen molar-refractivity contribution in [3.05, 3.63) is 77.5 Å². The van der Waals surface area contributed by atoms with Gasteiger partial charge in [-0.1, -0.05) is 42.5 Å². The van der Waals surface area contributed by atoms with Crippen LogP contribution in [0.25, 0.3) is 17.0 Å². The van der Waals surface area contributed by atoms with E-state index in [0.717, 1.165) is 36.2 Å². The Kier molecular flexibility index (Phi) is 9.23. The molecule has 0 atom stereocenters. The molecule has 3 rings (SSSR count). The number of H-pyrrole nitrogens is 1. The molecule has 0 fully saturated rings. The fourth-order valence-electron chi connectivity index (χ4n) is 3.57. The molecule has 2 aromatic carbocycles. The Labute approximate surface area is 193 Å². The fourth-order valence-corrected chi connectivity index (χ4v) is 3.57. The molecule has 0 aliphatic carbocycles. The lowest BCUT2D eigenvalue weighted by Gasteiger charge is -2.22. The Hall–Kier alpha value is -3.42. The number of hydrogen-bond donors (Lipinski definition) is 2. The monoisotopic (exact) mass is 450 g/mol. The van der Waals surface area contributed by atoms with Gasteiger partial charge < -0.3 is 19.6 Å². The Bertz CT molecular complexity index is 1070. The third-order valence-electron chi connectivity index (χ3n) is 5.38. The Morgan fingerprint density at radius 2 is 1.85 bits per heavy atom. The lowest BCUT2D eigenvalue weighted by molar-refractivity contribution is -0.138. The van der Waals surface area contributed by atoms with E-state index in [2.05, 4.69) is 33.0 Å². The number of carboxylic acid groups (broad SMARTS) is 1. The van der Waals surface area contributed by atoms with E-state index < -0.39 is 5.97 Å². The molecule has 2 N–H and O–H groups in total. The van der Waals surface area contributed by atoms with E-state index in [-0.39, 0.29) is 19.0 Å². The van der Waals surface area contributed by atoms with E-state index in [4.69, 9.17) is 9.84 Å². The summed E-state index contributed by atoms with van der Waals surface area (Å²) in [6, 6.07) is 16.3. The Morgan fingerprint density at radius 1 is 1.06 bits per heavy atom. The second kappa shape index (κ2) is 12.6. The van der Waals surface area contributed by atoms with Crippen molar-refractivity contribution in [1.29, 1.82) is 0 Å². The molecule has 0 amide bonds. The number of nitrogens with zero attached hydrogens (tertiary/aromatic N) is 1. The summed E-state index contributed by atoms with van der Waals surface area (Å²) in [4.78, 5) is 27.6. The van der Waals surface area contributed by atoms with Gasteiger partial charge in [-0.25, -0.2) is 4.79 Å². The quantitative estimate of drug-likeness (QED) is 0.233. The van der Waals surface area contributed by atoms with Crippen LogP contribution in [-0.4, -0.2) is 60.3 Å². The minimum Gasteiger partial charge on any atom is -0.481 e. The van der Waals surface area contributed by atoms with Crippen molar-refractivity contribution >= 4 is 28.9 Å². The maximum absolute atomic E-state index is 11.3. The second-order valence-electron chi connectivity index (χ2n) is 7.74. The summed E-state index contributed by atoms with van der Waals surface area (Å²) in [6.07, 6.45) is 6.08. The normalized spacial score (nSPS) is 11.5. The van der Waals surface area contributed by atoms with E-state index in [1.54, 1.807) is 6.08 Å². The summed E-state index contributed by atoms with van der Waals surface area (Å²) in [7, 11) is 1.35. The van der Waals surface area contributed by atoms with Crippen molar-refractivity contribution in [2.24, 2.45) is 0 Å². The van der Waals surface area contributed by atoms with Gasteiger partial charge in [-0.2, -0.15) is 0 Å². The van der Waals surface area contributed by atoms with Gasteiger partial charge in [0.15, 0.2) is 0 Å². The van der Waals surface area contributed by atoms with E-state index in [1.807, 2.05) is 36.4 Å². The summed E-state index contributed by atoms with van der Waals surface area (Å²) < 4.78 is 10.1. The number of hydrogen-bond acceptors (Lipinski definition) is 5. The highest BCUT2D eigenvalue weighted by molar-refractivity contribution is 5.86. The molecule has 0 saturated heterocycles. The number of aliphatic carboxylic acids is 1. The first-order valence-electron chi connectivity index (χ1n) is 11.0. The standard InChI is InChI=1S/C26H30N2O5/c1-32-26(31)11-10-20-6-8-21(9-7-20)19-28(15-17-33-16-13-25(29)30)14-12-22-18-27-24-5-3-2-4-23(22)24/h2-11,18,27H,12-17,19H2,1H3,(H,29,30)/b11-10+. The van der Waals surface area contributed by atoms with Gasteiger partial charge >= 0.3 is 11.9 Å². The van der Waals surface area contributed by atoms with Crippen molar-refractivity contribution in [2.45, 2.75) is 19.4 Å². The molecule has 0 radical (unpaired) electrons. The molecule has 0 spiro atoms. The number of rotatable bonds is 13. The van der Waals surface area contributed by atoms with Crippen molar-refractivity contribution in [1.82, 2.24) is 9.88 Å². The van der Waals surface area contributed by atoms with Gasteiger partial charge in [0.05, 0.1) is 26.7 Å². The number of benzene rings is 2. The summed E-state index contributed by atoms with van der Waals surface area (Å²) in [5.41, 5.74) is 4.47. The molecule has 0 unspecified atom stereocenters. The minimum atomic E-state index is -0.854. The van der Waals surface area contributed by atoms with Crippen LogP contribution in [0, 0.1) is 0 Å². The molecular formula is C26H30N2O5. The van der Waals surface area contributed by atoms with Gasteiger partial charge in [-0.15, -0.1) is 0 Å². The number of fused-ring (bicyclic) bond motifs is 1. The number of methoxy groups -OCH3 is 1. The maximum atomic E-state index is 11.3. The van der Waals surface area contributed by atoms with E-state index in [0.29, 0.717) is 13.2 Å². The number of esters is 1. The zero-order chi connectivity index (χ0) is 23.5. The molecule has 0 bridgehead atoms. The number of carboxylic acids is 1. The molecule has 0 aliphatic rings. The largest absolute Gasteiger partial charge is 0.481 e. The average Bonchev–Trinajstić information content (AvgIpc) is 3.24. The van der Waals surface area contributed by atoms with Crippen molar-refractivity contribution in [3.63, 3.8) is 0 Å². The van der Waals surface area contributed by atoms with Gasteiger partial charge in [0.2, 0.25) is 0 Å². The van der Waals surface area contributed by atoms with Crippen LogP contribution >= 0.6 is 0 Å². The van der Waals surface area contributed by atoms with E-state index in [9.17, 15) is 9.59 Å². The number of carbonyl (C=O) groups is 2. The van der Waals surface area contributed by atoms with Crippen LogP contribution < -0.4 is 0 Å². The number of carbonyl (C=O) groups excluding carboxylic acids is 1. The molecule has 33 heavy (non-hydrogen) atoms. The number of para-hydroxylation sites is 1. The van der Waals surface area contributed by atoms with Gasteiger partial charge in [0, 0.05) is 42.8 Å². The fraction of sp³-hybridized carbons (Fsp3) is 0.308. The van der Waals surface area contributed by atoms with Gasteiger partial charge in [-0.3, -0.25) is 9.69 Å². The summed E-state index contributed by atoms with van der Waals surface area (Å²) in [5, 5.41) is 10.0. The molecule has 0 aliphatic heterocycles. The SMILES string of the molecule is COC(=O)/C=C/c1ccc(CN(CCOCCC(=O)O)CCc2c[nH]c3ccccc23)cc1. The van der Waals surface area contributed by atoms with Crippen molar-refractivity contribution in [2.75, 3.05) is 33.4 Å². The second-order valence-corrected chi connectivity index (χ2v) is 7.74. The first-order chi connectivity index (χ1) is 16.0. The van der Waals surface area contributed by atoms with Crippen LogP contribution in [0.2, 0.25) is 0 Å². The van der Waals surface area contributed by atoms with Crippen LogP contribution in [-0.2, 0) is 32.0 Å². The first-order valence-corrected chi connectivity index (χ1v) is 11.0. The predicted molar refractivity (Wildman–Crippen MR) is 128 cm³/mol. The smallest absolute Gasteiger partial charge is 0.330 e. The topological polar surface area (TPSA) is 91.9 Å². The third-order valence-corrected chi connectivity index (χ3v) is 5.38. The zero-order valence-corrected chi connectivity index (χ0v) is 18.8. The highest BCUT2D eigenvalue weighted by Gasteiger charge is 2.10. The zero-order valence-electron chi connectivity index (χ0n) is 18.8. The van der Waals surface area contributed by atoms with Gasteiger partial charge in [-0.05, 0) is 35.3 Å². The number of nitrogens with one attached hydrogen (secondary N) is 1. The molecule has 174 valence electrons. The molecule has 7 nitrogen and oxygen atoms in total. The first kappa shape index (κ1) is 24.2. The Morgan fingerprint density at radius 3 is 2.61 bits per heavy atom. The van der Waals surface area contributed by atoms with Crippen LogP contribution in [0.4, 0.5) is 0 Å². The molecule has 0 saturated carbocycles. The molecule has 1 aromatic heterocycles. The van der Waals surface area contributed by atoms with Crippen LogP contribution in [0.3, 0.4) is 0 Å². The summed E-state index contributed by atoms with van der Waals surface area (Å²) in [5.74, 6) is -1.24. The van der Waals surface area contributed by atoms with Crippen LogP contribution in [0.15, 0.2) is 60.8 Å². The average molecular weight is 451 g/mol. The van der Waals surface area contributed by atoms with Crippen molar-refractivity contribution in [3.8, 4) is 0 Å². The summed E-state index contributed by atoms with van der Waals surface area (Å²) >= 11 is 0. The summed E-state index contributed by atoms with van der Waals surface area (Å²) in [6.45, 7) is 2.97. The van der Waals surface area contributed by atoms with Crippen LogP contribution in [0.1, 0.15) is 23.1 Å². The molecule has 7 heteroatoms. The molecule has 3 aromatic rings. The third kappa shape index (κ3) is 7.89. The maximum Gasteiger partial charge on any atom is 0.330 e. The molecule has 1 heterocycles. The highest BCUT2D eigenvalue weighted by atomic mass is 16.5. The highest BCUT2D eigenvalue weighted by Crippen LogP contribution is 2.19. The van der Waals surface area contributed by atoms with Crippen molar-refractivity contribution < 1.29 is 24.2 Å². The number of aromatic nitrogens is 1. The predicted octanol–water partition coefficient (Wildman–Crippen LogP) is 3.89. The lowest BCUT2D eigenvalue weighted by Crippen LogP contribution is -2.29. The van der Waals surface area contributed by atoms with Crippen LogP contribution in [0.5, 0.6) is 0 Å². The number of ether oxygens (including phenoxy) is 2. The Balaban J connectivity index is 1.61. The lowest BCUT2D eigenvalue weighted by atomic mass is 10.1. The van der Waals surface area contributed by atoms with E-state index >= 15 is 0 Å². The minimum absolute atomic E-state index is 0.00981. The van der Waals surface area contributed by atoms with E-state index in [1.165, 1.54) is 24.1 Å². The van der Waals surface area contributed by atoms with Gasteiger partial charge in [0.1, 0.15) is 0 Å².